The van der Waals surface area contributed by atoms with Gasteiger partial charge in [0.25, 0.3) is 5.91 Å². The van der Waals surface area contributed by atoms with E-state index in [0.717, 1.165) is 37.6 Å². The average molecular weight is 407 g/mol. The number of nitrogens with one attached hydrogen (secondary N) is 1. The molecule has 3 aromatic rings. The Bertz CT molecular complexity index is 966. The summed E-state index contributed by atoms with van der Waals surface area (Å²) in [6.45, 7) is 7.18. The third kappa shape index (κ3) is 4.49. The Kier molecular flexibility index (Phi) is 6.04. The van der Waals surface area contributed by atoms with Gasteiger partial charge in [0.1, 0.15) is 6.04 Å². The van der Waals surface area contributed by atoms with Crippen molar-refractivity contribution in [3.63, 3.8) is 0 Å². The molecule has 1 fully saturated rings. The van der Waals surface area contributed by atoms with Gasteiger partial charge < -0.3 is 19.5 Å². The number of morpholine rings is 1. The van der Waals surface area contributed by atoms with Crippen LogP contribution in [0.25, 0.3) is 11.4 Å². The van der Waals surface area contributed by atoms with Crippen LogP contribution in [0.3, 0.4) is 0 Å². The molecule has 156 valence electrons. The van der Waals surface area contributed by atoms with E-state index in [1.807, 2.05) is 50.2 Å². The van der Waals surface area contributed by atoms with Gasteiger partial charge in [0.2, 0.25) is 11.7 Å². The number of hydrogen-bond acceptors (Lipinski definition) is 7. The van der Waals surface area contributed by atoms with E-state index in [9.17, 15) is 4.79 Å². The molecular formula is C22H25N5O3. The highest BCUT2D eigenvalue weighted by Crippen LogP contribution is 2.24. The van der Waals surface area contributed by atoms with Crippen molar-refractivity contribution in [2.45, 2.75) is 19.9 Å². The molecule has 1 atom stereocenters. The molecule has 1 aliphatic heterocycles. The third-order valence-corrected chi connectivity index (χ3v) is 5.11. The smallest absolute Gasteiger partial charge is 0.251 e. The summed E-state index contributed by atoms with van der Waals surface area (Å²) in [4.78, 5) is 23.6. The van der Waals surface area contributed by atoms with E-state index < -0.39 is 0 Å². The van der Waals surface area contributed by atoms with Crippen molar-refractivity contribution >= 4 is 11.6 Å². The summed E-state index contributed by atoms with van der Waals surface area (Å²) >= 11 is 0. The standard InChI is InChI=1S/C22H25N5O3/c1-15(2)19(22-25-20(26-30-22)16-7-9-23-10-8-16)24-21(28)17-3-5-18(6-4-17)27-11-13-29-14-12-27/h3-10,15,19H,11-14H2,1-2H3,(H,24,28). The van der Waals surface area contributed by atoms with Gasteiger partial charge in [0.15, 0.2) is 0 Å². The van der Waals surface area contributed by atoms with Gasteiger partial charge in [0.05, 0.1) is 13.2 Å². The van der Waals surface area contributed by atoms with E-state index in [1.165, 1.54) is 0 Å². The minimum Gasteiger partial charge on any atom is -0.378 e. The molecule has 1 saturated heterocycles. The van der Waals surface area contributed by atoms with E-state index >= 15 is 0 Å². The number of nitrogens with zero attached hydrogens (tertiary/aromatic N) is 4. The van der Waals surface area contributed by atoms with Gasteiger partial charge in [-0.05, 0) is 42.3 Å². The first-order valence-electron chi connectivity index (χ1n) is 10.1. The number of rotatable bonds is 6. The van der Waals surface area contributed by atoms with Crippen molar-refractivity contribution in [1.82, 2.24) is 20.4 Å². The van der Waals surface area contributed by atoms with E-state index in [4.69, 9.17) is 9.26 Å². The number of hydrogen-bond donors (Lipinski definition) is 1. The lowest BCUT2D eigenvalue weighted by molar-refractivity contribution is 0.0914. The SMILES string of the molecule is CC(C)C(NC(=O)c1ccc(N2CCOCC2)cc1)c1nc(-c2ccncc2)no1. The Labute approximate surface area is 175 Å². The molecule has 0 radical (unpaired) electrons. The minimum atomic E-state index is -0.389. The van der Waals surface area contributed by atoms with Crippen molar-refractivity contribution < 1.29 is 14.1 Å². The van der Waals surface area contributed by atoms with Gasteiger partial charge in [-0.1, -0.05) is 19.0 Å². The van der Waals surface area contributed by atoms with Gasteiger partial charge in [-0.3, -0.25) is 9.78 Å². The quantitative estimate of drug-likeness (QED) is 0.671. The fraction of sp³-hybridized carbons (Fsp3) is 0.364. The highest BCUT2D eigenvalue weighted by atomic mass is 16.5. The molecule has 0 spiro atoms. The number of benzene rings is 1. The van der Waals surface area contributed by atoms with Gasteiger partial charge in [-0.15, -0.1) is 0 Å². The number of pyridine rings is 1. The lowest BCUT2D eigenvalue weighted by atomic mass is 10.0. The first kappa shape index (κ1) is 20.0. The number of aromatic nitrogens is 3. The number of carbonyl (C=O) groups excluding carboxylic acids is 1. The monoisotopic (exact) mass is 407 g/mol. The van der Waals surface area contributed by atoms with Crippen LogP contribution in [-0.2, 0) is 4.74 Å². The molecule has 1 aliphatic rings. The molecule has 1 amide bonds. The summed E-state index contributed by atoms with van der Waals surface area (Å²) < 4.78 is 10.9. The maximum Gasteiger partial charge on any atom is 0.251 e. The normalized spacial score (nSPS) is 15.2. The molecule has 0 aliphatic carbocycles. The zero-order valence-corrected chi connectivity index (χ0v) is 17.1. The molecule has 1 aromatic carbocycles. The molecule has 1 N–H and O–H groups in total. The molecule has 1 unspecified atom stereocenters. The molecule has 4 rings (SSSR count). The highest BCUT2D eigenvalue weighted by Gasteiger charge is 2.25. The predicted octanol–water partition coefficient (Wildman–Crippen LogP) is 3.10. The van der Waals surface area contributed by atoms with Crippen molar-refractivity contribution in [3.8, 4) is 11.4 Å². The number of anilines is 1. The summed E-state index contributed by atoms with van der Waals surface area (Å²) in [5.74, 6) is 0.760. The Morgan fingerprint density at radius 2 is 1.77 bits per heavy atom. The van der Waals surface area contributed by atoms with Crippen LogP contribution in [0.1, 0.15) is 36.1 Å². The molecule has 0 saturated carbocycles. The van der Waals surface area contributed by atoms with Crippen LogP contribution in [0.5, 0.6) is 0 Å². The molecule has 8 heteroatoms. The summed E-state index contributed by atoms with van der Waals surface area (Å²) in [6.07, 6.45) is 3.35. The third-order valence-electron chi connectivity index (χ3n) is 5.11. The largest absolute Gasteiger partial charge is 0.378 e. The zero-order valence-electron chi connectivity index (χ0n) is 17.1. The maximum absolute atomic E-state index is 12.9. The summed E-state index contributed by atoms with van der Waals surface area (Å²) in [7, 11) is 0. The Morgan fingerprint density at radius 3 is 2.43 bits per heavy atom. The van der Waals surface area contributed by atoms with Gasteiger partial charge in [-0.2, -0.15) is 4.98 Å². The Balaban J connectivity index is 1.47. The van der Waals surface area contributed by atoms with Gasteiger partial charge in [0, 0.05) is 42.3 Å². The van der Waals surface area contributed by atoms with Crippen LogP contribution >= 0.6 is 0 Å². The minimum absolute atomic E-state index is 0.0762. The molecule has 30 heavy (non-hydrogen) atoms. The predicted molar refractivity (Wildman–Crippen MR) is 112 cm³/mol. The van der Waals surface area contributed by atoms with Crippen molar-refractivity contribution in [2.24, 2.45) is 5.92 Å². The summed E-state index contributed by atoms with van der Waals surface area (Å²) in [5, 5.41) is 7.08. The number of carbonyl (C=O) groups is 1. The molecule has 0 bridgehead atoms. The fourth-order valence-corrected chi connectivity index (χ4v) is 3.36. The van der Waals surface area contributed by atoms with E-state index in [-0.39, 0.29) is 17.9 Å². The molecule has 2 aromatic heterocycles. The first-order chi connectivity index (χ1) is 14.6. The van der Waals surface area contributed by atoms with Crippen LogP contribution < -0.4 is 10.2 Å². The van der Waals surface area contributed by atoms with E-state index in [1.54, 1.807) is 12.4 Å². The lowest BCUT2D eigenvalue weighted by Crippen LogP contribution is -2.36. The van der Waals surface area contributed by atoms with E-state index in [0.29, 0.717) is 17.3 Å². The van der Waals surface area contributed by atoms with Crippen LogP contribution in [-0.4, -0.2) is 47.3 Å². The zero-order chi connectivity index (χ0) is 20.9. The number of amides is 1. The van der Waals surface area contributed by atoms with Crippen LogP contribution in [0.2, 0.25) is 0 Å². The van der Waals surface area contributed by atoms with Crippen molar-refractivity contribution in [2.75, 3.05) is 31.2 Å². The van der Waals surface area contributed by atoms with Crippen molar-refractivity contribution in [3.05, 3.63) is 60.2 Å². The topological polar surface area (TPSA) is 93.4 Å². The molecular weight excluding hydrogens is 382 g/mol. The lowest BCUT2D eigenvalue weighted by Gasteiger charge is -2.29. The second-order valence-corrected chi connectivity index (χ2v) is 7.53. The Morgan fingerprint density at radius 1 is 1.07 bits per heavy atom. The van der Waals surface area contributed by atoms with Gasteiger partial charge in [-0.25, -0.2) is 0 Å². The molecule has 8 nitrogen and oxygen atoms in total. The first-order valence-corrected chi connectivity index (χ1v) is 10.1. The highest BCUT2D eigenvalue weighted by molar-refractivity contribution is 5.94. The van der Waals surface area contributed by atoms with E-state index in [2.05, 4.69) is 25.3 Å². The summed E-state index contributed by atoms with van der Waals surface area (Å²) in [5.41, 5.74) is 2.49. The average Bonchev–Trinajstić information content (AvgIpc) is 3.28. The summed E-state index contributed by atoms with van der Waals surface area (Å²) in [6, 6.07) is 10.9. The molecule has 3 heterocycles. The van der Waals surface area contributed by atoms with Crippen LogP contribution in [0.15, 0.2) is 53.3 Å². The Hall–Kier alpha value is -3.26. The van der Waals surface area contributed by atoms with Crippen LogP contribution in [0, 0.1) is 5.92 Å². The fourth-order valence-electron chi connectivity index (χ4n) is 3.36. The van der Waals surface area contributed by atoms with Crippen molar-refractivity contribution in [1.29, 1.82) is 0 Å². The second-order valence-electron chi connectivity index (χ2n) is 7.53. The number of ether oxygens (including phenoxy) is 1. The second kappa shape index (κ2) is 9.04. The van der Waals surface area contributed by atoms with Crippen LogP contribution in [0.4, 0.5) is 5.69 Å². The maximum atomic E-state index is 12.9. The van der Waals surface area contributed by atoms with Gasteiger partial charge >= 0.3 is 0 Å².